The first-order chi connectivity index (χ1) is 9.13. The molecule has 0 aromatic heterocycles. The van der Waals surface area contributed by atoms with Crippen LogP contribution in [-0.4, -0.2) is 19.8 Å². The summed E-state index contributed by atoms with van der Waals surface area (Å²) in [5.74, 6) is -0.355. The Labute approximate surface area is 126 Å². The zero-order chi connectivity index (χ0) is 13.8. The highest BCUT2D eigenvalue weighted by Gasteiger charge is 2.23. The molecule has 5 heteroatoms. The molecule has 0 spiro atoms. The van der Waals surface area contributed by atoms with Crippen LogP contribution in [0.4, 0.5) is 4.39 Å². The van der Waals surface area contributed by atoms with Gasteiger partial charge < -0.3 is 10.1 Å². The highest BCUT2D eigenvalue weighted by molar-refractivity contribution is 9.10. The number of rotatable bonds is 4. The van der Waals surface area contributed by atoms with Gasteiger partial charge in [-0.25, -0.2) is 4.39 Å². The molecule has 0 amide bonds. The number of hydrogen-bond acceptors (Lipinski definition) is 2. The Morgan fingerprint density at radius 3 is 2.95 bits per heavy atom. The van der Waals surface area contributed by atoms with Crippen molar-refractivity contribution in [2.24, 2.45) is 0 Å². The summed E-state index contributed by atoms with van der Waals surface area (Å²) in [5.41, 5.74) is 0.602. The predicted octanol–water partition coefficient (Wildman–Crippen LogP) is 4.46. The largest absolute Gasteiger partial charge is 0.378 e. The van der Waals surface area contributed by atoms with Crippen molar-refractivity contribution >= 4 is 27.5 Å². The first-order valence-electron chi connectivity index (χ1n) is 6.55. The molecule has 106 valence electrons. The Hall–Kier alpha value is -0.160. The van der Waals surface area contributed by atoms with Crippen LogP contribution in [0.25, 0.3) is 0 Å². The van der Waals surface area contributed by atoms with Gasteiger partial charge in [0.2, 0.25) is 0 Å². The fraction of sp³-hybridized carbons (Fsp3) is 0.571. The summed E-state index contributed by atoms with van der Waals surface area (Å²) in [7, 11) is 1.84. The molecule has 2 atom stereocenters. The molecule has 1 aliphatic heterocycles. The van der Waals surface area contributed by atoms with Gasteiger partial charge in [-0.3, -0.25) is 0 Å². The predicted molar refractivity (Wildman–Crippen MR) is 79.1 cm³/mol. The summed E-state index contributed by atoms with van der Waals surface area (Å²) in [6.07, 6.45) is 4.33. The van der Waals surface area contributed by atoms with Crippen LogP contribution in [0.5, 0.6) is 0 Å². The Kier molecular flexibility index (Phi) is 5.63. The summed E-state index contributed by atoms with van der Waals surface area (Å²) in [6, 6.07) is 3.48. The van der Waals surface area contributed by atoms with Crippen molar-refractivity contribution in [2.45, 2.75) is 37.8 Å². The van der Waals surface area contributed by atoms with Gasteiger partial charge in [0.15, 0.2) is 0 Å². The van der Waals surface area contributed by atoms with Crippen molar-refractivity contribution in [1.82, 2.24) is 5.32 Å². The highest BCUT2D eigenvalue weighted by Crippen LogP contribution is 2.33. The molecule has 0 radical (unpaired) electrons. The van der Waals surface area contributed by atoms with E-state index in [1.165, 1.54) is 6.42 Å². The van der Waals surface area contributed by atoms with Gasteiger partial charge >= 0.3 is 0 Å². The lowest BCUT2D eigenvalue weighted by Gasteiger charge is -2.27. The van der Waals surface area contributed by atoms with Gasteiger partial charge in [0, 0.05) is 22.7 Å². The molecule has 1 aromatic carbocycles. The number of halogens is 3. The van der Waals surface area contributed by atoms with E-state index in [1.807, 2.05) is 7.05 Å². The van der Waals surface area contributed by atoms with Crippen molar-refractivity contribution in [1.29, 1.82) is 0 Å². The van der Waals surface area contributed by atoms with E-state index in [2.05, 4.69) is 21.2 Å². The first kappa shape index (κ1) is 15.2. The molecule has 1 fully saturated rings. The number of hydrogen-bond donors (Lipinski definition) is 1. The van der Waals surface area contributed by atoms with Gasteiger partial charge in [-0.2, -0.15) is 0 Å². The van der Waals surface area contributed by atoms with Gasteiger partial charge in [0.1, 0.15) is 5.82 Å². The van der Waals surface area contributed by atoms with Gasteiger partial charge in [0.05, 0.1) is 11.1 Å². The zero-order valence-electron chi connectivity index (χ0n) is 10.9. The van der Waals surface area contributed by atoms with E-state index >= 15 is 0 Å². The van der Waals surface area contributed by atoms with E-state index in [-0.39, 0.29) is 23.0 Å². The quantitative estimate of drug-likeness (QED) is 0.809. The Balaban J connectivity index is 2.14. The maximum atomic E-state index is 14.2. The Bertz CT molecular complexity index is 438. The third-order valence-corrected chi connectivity index (χ3v) is 4.82. The van der Waals surface area contributed by atoms with Crippen LogP contribution in [0.3, 0.4) is 0 Å². The van der Waals surface area contributed by atoms with Crippen molar-refractivity contribution in [2.75, 3.05) is 13.7 Å². The van der Waals surface area contributed by atoms with Crippen LogP contribution < -0.4 is 5.32 Å². The van der Waals surface area contributed by atoms with Crippen molar-refractivity contribution in [3.8, 4) is 0 Å². The van der Waals surface area contributed by atoms with E-state index in [9.17, 15) is 4.39 Å². The molecule has 2 nitrogen and oxygen atoms in total. The molecule has 2 unspecified atom stereocenters. The lowest BCUT2D eigenvalue weighted by Crippen LogP contribution is -2.27. The molecule has 0 bridgehead atoms. The zero-order valence-corrected chi connectivity index (χ0v) is 13.2. The topological polar surface area (TPSA) is 21.3 Å². The molecule has 0 saturated carbocycles. The van der Waals surface area contributed by atoms with Crippen LogP contribution in [0.1, 0.15) is 37.3 Å². The van der Waals surface area contributed by atoms with Gasteiger partial charge in [-0.05, 0) is 54.7 Å². The molecule has 1 aliphatic rings. The van der Waals surface area contributed by atoms with E-state index in [1.54, 1.807) is 12.1 Å². The van der Waals surface area contributed by atoms with Gasteiger partial charge in [0.25, 0.3) is 0 Å². The van der Waals surface area contributed by atoms with E-state index in [0.29, 0.717) is 10.0 Å². The minimum absolute atomic E-state index is 0.0753. The fourth-order valence-corrected chi connectivity index (χ4v) is 2.94. The molecule has 1 saturated heterocycles. The molecule has 2 rings (SSSR count). The smallest absolute Gasteiger partial charge is 0.147 e. The van der Waals surface area contributed by atoms with Gasteiger partial charge in [-0.1, -0.05) is 17.7 Å². The Morgan fingerprint density at radius 1 is 1.53 bits per heavy atom. The van der Waals surface area contributed by atoms with E-state index in [0.717, 1.165) is 25.9 Å². The maximum absolute atomic E-state index is 14.2. The molecule has 1 aromatic rings. The second-order valence-electron chi connectivity index (χ2n) is 4.83. The highest BCUT2D eigenvalue weighted by atomic mass is 79.9. The standard InChI is InChI=1S/C14H18BrClFNO/c1-18-12(8-9-4-2-3-7-19-9)10-5-6-11(15)13(16)14(10)17/h5-6,9,12,18H,2-4,7-8H2,1H3. The lowest BCUT2D eigenvalue weighted by atomic mass is 9.96. The van der Waals surface area contributed by atoms with Crippen LogP contribution in [0, 0.1) is 5.82 Å². The summed E-state index contributed by atoms with van der Waals surface area (Å²) < 4.78 is 20.5. The average molecular weight is 351 g/mol. The van der Waals surface area contributed by atoms with Crippen LogP contribution in [0.2, 0.25) is 5.02 Å². The second-order valence-corrected chi connectivity index (χ2v) is 6.06. The summed E-state index contributed by atoms with van der Waals surface area (Å²) in [5, 5.41) is 3.30. The minimum atomic E-state index is -0.355. The normalized spacial score (nSPS) is 21.4. The third-order valence-electron chi connectivity index (χ3n) is 3.56. The molecule has 1 heterocycles. The first-order valence-corrected chi connectivity index (χ1v) is 7.73. The monoisotopic (exact) mass is 349 g/mol. The van der Waals surface area contributed by atoms with Crippen molar-refractivity contribution in [3.05, 3.63) is 33.0 Å². The summed E-state index contributed by atoms with van der Waals surface area (Å²) in [6.45, 7) is 0.810. The Morgan fingerprint density at radius 2 is 2.32 bits per heavy atom. The average Bonchev–Trinajstić information content (AvgIpc) is 2.44. The van der Waals surface area contributed by atoms with Crippen molar-refractivity contribution < 1.29 is 9.13 Å². The molecular formula is C14H18BrClFNO. The maximum Gasteiger partial charge on any atom is 0.147 e. The van der Waals surface area contributed by atoms with Crippen LogP contribution in [0.15, 0.2) is 16.6 Å². The number of nitrogens with one attached hydrogen (secondary N) is 1. The second kappa shape index (κ2) is 7.02. The lowest BCUT2D eigenvalue weighted by molar-refractivity contribution is 0.00529. The molecule has 19 heavy (non-hydrogen) atoms. The van der Waals surface area contributed by atoms with E-state index < -0.39 is 0 Å². The SMILES string of the molecule is CNC(CC1CCCCO1)c1ccc(Br)c(Cl)c1F. The molecular weight excluding hydrogens is 333 g/mol. The number of benzene rings is 1. The minimum Gasteiger partial charge on any atom is -0.378 e. The summed E-state index contributed by atoms with van der Waals surface area (Å²) >= 11 is 9.18. The molecule has 0 aliphatic carbocycles. The third kappa shape index (κ3) is 3.69. The molecule has 1 N–H and O–H groups in total. The van der Waals surface area contributed by atoms with Crippen LogP contribution >= 0.6 is 27.5 Å². The fourth-order valence-electron chi connectivity index (χ4n) is 2.47. The van der Waals surface area contributed by atoms with Gasteiger partial charge in [-0.15, -0.1) is 0 Å². The summed E-state index contributed by atoms with van der Waals surface area (Å²) in [4.78, 5) is 0. The van der Waals surface area contributed by atoms with Crippen molar-refractivity contribution in [3.63, 3.8) is 0 Å². The number of ether oxygens (including phenoxy) is 1. The van der Waals surface area contributed by atoms with Crippen LogP contribution in [-0.2, 0) is 4.74 Å². The van der Waals surface area contributed by atoms with E-state index in [4.69, 9.17) is 16.3 Å².